The average molecular weight is 478 g/mol. The molecule has 3 aromatic carbocycles. The highest BCUT2D eigenvalue weighted by Crippen LogP contribution is 2.50. The largest absolute Gasteiger partial charge is 0.494 e. The lowest BCUT2D eigenvalue weighted by atomic mass is 9.93. The van der Waals surface area contributed by atoms with Gasteiger partial charge >= 0.3 is 5.97 Å². The minimum atomic E-state index is -1.02. The molecule has 5 rings (SSSR count). The van der Waals surface area contributed by atoms with Gasteiger partial charge in [0, 0.05) is 29.4 Å². The van der Waals surface area contributed by atoms with Gasteiger partial charge in [-0.05, 0) is 62.7 Å². The van der Waals surface area contributed by atoms with Gasteiger partial charge in [0.25, 0.3) is 0 Å². The quantitative estimate of drug-likeness (QED) is 0.379. The molecule has 4 aromatic rings. The maximum absolute atomic E-state index is 16.1. The topological polar surface area (TPSA) is 81.7 Å². The second kappa shape index (κ2) is 7.97. The summed E-state index contributed by atoms with van der Waals surface area (Å²) in [5.74, 6) is -1.90. The molecule has 35 heavy (non-hydrogen) atoms. The zero-order valence-corrected chi connectivity index (χ0v) is 19.7. The summed E-state index contributed by atoms with van der Waals surface area (Å²) in [6.07, 6.45) is 1.56. The molecule has 9 heteroatoms. The van der Waals surface area contributed by atoms with E-state index in [4.69, 9.17) is 4.74 Å². The van der Waals surface area contributed by atoms with Crippen molar-refractivity contribution in [1.82, 2.24) is 10.2 Å². The molecule has 0 bridgehead atoms. The number of aromatic amines is 1. The number of rotatable bonds is 4. The second-order valence-corrected chi connectivity index (χ2v) is 9.25. The molecule has 0 atom stereocenters. The number of aromatic carboxylic acids is 1. The Labute approximate surface area is 200 Å². The van der Waals surface area contributed by atoms with E-state index in [1.165, 1.54) is 19.2 Å². The summed E-state index contributed by atoms with van der Waals surface area (Å²) in [5.41, 5.74) is 2.64. The standard InChI is InChI=1S/C26H24F2N4O3/c1-14-9-16(5-7-18(14)25(33)34)31-13-26(2,3)32(17-6-8-19(27)21(11-17)35-4)20-10-15-12-29-30-23(15)22(28)24(20)31/h5-12H,13H2,1-4H3,(H,29,30)(H,33,34). The highest BCUT2D eigenvalue weighted by atomic mass is 19.1. The fourth-order valence-corrected chi connectivity index (χ4v) is 4.87. The molecule has 0 radical (unpaired) electrons. The highest BCUT2D eigenvalue weighted by Gasteiger charge is 2.41. The minimum absolute atomic E-state index is 0.0898. The van der Waals surface area contributed by atoms with E-state index in [2.05, 4.69) is 10.2 Å². The average Bonchev–Trinajstić information content (AvgIpc) is 3.27. The molecule has 0 saturated heterocycles. The van der Waals surface area contributed by atoms with Crippen LogP contribution in [0.1, 0.15) is 29.8 Å². The molecule has 0 amide bonds. The molecular weight excluding hydrogens is 454 g/mol. The van der Waals surface area contributed by atoms with Crippen molar-refractivity contribution in [3.63, 3.8) is 0 Å². The summed E-state index contributed by atoms with van der Waals surface area (Å²) in [5, 5.41) is 16.8. The van der Waals surface area contributed by atoms with Crippen molar-refractivity contribution in [2.24, 2.45) is 0 Å². The number of aromatic nitrogens is 2. The number of ether oxygens (including phenoxy) is 1. The number of benzene rings is 3. The van der Waals surface area contributed by atoms with Gasteiger partial charge in [-0.25, -0.2) is 13.6 Å². The Morgan fingerprint density at radius 2 is 1.89 bits per heavy atom. The number of methoxy groups -OCH3 is 1. The van der Waals surface area contributed by atoms with Crippen molar-refractivity contribution in [3.05, 3.63) is 71.4 Å². The van der Waals surface area contributed by atoms with Gasteiger partial charge < -0.3 is 19.6 Å². The first kappa shape index (κ1) is 22.6. The van der Waals surface area contributed by atoms with Crippen molar-refractivity contribution >= 4 is 39.6 Å². The number of carboxylic acid groups (broad SMARTS) is 1. The smallest absolute Gasteiger partial charge is 0.335 e. The molecule has 1 aliphatic rings. The number of H-pyrrole nitrogens is 1. The van der Waals surface area contributed by atoms with Gasteiger partial charge in [0.15, 0.2) is 17.4 Å². The number of anilines is 4. The van der Waals surface area contributed by atoms with Crippen LogP contribution in [0.4, 0.5) is 31.5 Å². The third-order valence-electron chi connectivity index (χ3n) is 6.44. The van der Waals surface area contributed by atoms with E-state index >= 15 is 4.39 Å². The molecule has 1 aliphatic heterocycles. The summed E-state index contributed by atoms with van der Waals surface area (Å²) in [4.78, 5) is 15.3. The van der Waals surface area contributed by atoms with Crippen LogP contribution in [0, 0.1) is 18.6 Å². The van der Waals surface area contributed by atoms with Crippen LogP contribution in [0.2, 0.25) is 0 Å². The van der Waals surface area contributed by atoms with Gasteiger partial charge in [0.2, 0.25) is 0 Å². The number of fused-ring (bicyclic) bond motifs is 2. The number of carboxylic acids is 1. The summed E-state index contributed by atoms with van der Waals surface area (Å²) >= 11 is 0. The van der Waals surface area contributed by atoms with E-state index in [-0.39, 0.29) is 16.8 Å². The Morgan fingerprint density at radius 1 is 1.14 bits per heavy atom. The normalized spacial score (nSPS) is 14.8. The molecule has 1 aromatic heterocycles. The molecule has 0 saturated carbocycles. The fourth-order valence-electron chi connectivity index (χ4n) is 4.87. The first-order valence-electron chi connectivity index (χ1n) is 11.0. The van der Waals surface area contributed by atoms with Gasteiger partial charge in [-0.2, -0.15) is 5.10 Å². The van der Waals surface area contributed by atoms with E-state index < -0.39 is 23.1 Å². The number of hydrogen-bond acceptors (Lipinski definition) is 5. The van der Waals surface area contributed by atoms with Gasteiger partial charge in [-0.15, -0.1) is 0 Å². The molecule has 7 nitrogen and oxygen atoms in total. The van der Waals surface area contributed by atoms with Crippen LogP contribution in [0.5, 0.6) is 5.75 Å². The maximum Gasteiger partial charge on any atom is 0.335 e. The molecule has 180 valence electrons. The fraction of sp³-hybridized carbons (Fsp3) is 0.231. The first-order chi connectivity index (χ1) is 16.6. The van der Waals surface area contributed by atoms with Crippen molar-refractivity contribution in [2.75, 3.05) is 23.5 Å². The first-order valence-corrected chi connectivity index (χ1v) is 11.0. The number of nitrogens with zero attached hydrogens (tertiary/aromatic N) is 3. The van der Waals surface area contributed by atoms with Gasteiger partial charge in [-0.1, -0.05) is 0 Å². The number of halogens is 2. The molecular formula is C26H24F2N4O3. The number of carbonyl (C=O) groups is 1. The lowest BCUT2D eigenvalue weighted by Crippen LogP contribution is -2.53. The minimum Gasteiger partial charge on any atom is -0.494 e. The summed E-state index contributed by atoms with van der Waals surface area (Å²) in [6, 6.07) is 11.4. The van der Waals surface area contributed by atoms with E-state index in [1.54, 1.807) is 37.4 Å². The maximum atomic E-state index is 16.1. The predicted molar refractivity (Wildman–Crippen MR) is 130 cm³/mol. The predicted octanol–water partition coefficient (Wildman–Crippen LogP) is 5.92. The van der Waals surface area contributed by atoms with Crippen molar-refractivity contribution in [1.29, 1.82) is 0 Å². The zero-order chi connectivity index (χ0) is 25.1. The van der Waals surface area contributed by atoms with Crippen LogP contribution in [-0.2, 0) is 0 Å². The lowest BCUT2D eigenvalue weighted by molar-refractivity contribution is 0.0696. The number of aryl methyl sites for hydroxylation is 1. The highest BCUT2D eigenvalue weighted by molar-refractivity contribution is 5.97. The van der Waals surface area contributed by atoms with Crippen LogP contribution < -0.4 is 14.5 Å². The van der Waals surface area contributed by atoms with E-state index in [9.17, 15) is 14.3 Å². The number of hydrogen-bond donors (Lipinski definition) is 2. The zero-order valence-electron chi connectivity index (χ0n) is 19.7. The van der Waals surface area contributed by atoms with Crippen molar-refractivity contribution in [3.8, 4) is 5.75 Å². The van der Waals surface area contributed by atoms with E-state index in [0.717, 1.165) is 0 Å². The van der Waals surface area contributed by atoms with Crippen LogP contribution in [0.3, 0.4) is 0 Å². The van der Waals surface area contributed by atoms with Crippen LogP contribution >= 0.6 is 0 Å². The van der Waals surface area contributed by atoms with Crippen LogP contribution in [-0.4, -0.2) is 40.5 Å². The van der Waals surface area contributed by atoms with Crippen LogP contribution in [0.25, 0.3) is 10.9 Å². The second-order valence-electron chi connectivity index (χ2n) is 9.25. The van der Waals surface area contributed by atoms with E-state index in [0.29, 0.717) is 40.2 Å². The van der Waals surface area contributed by atoms with E-state index in [1.807, 2.05) is 29.7 Å². The molecule has 0 unspecified atom stereocenters. The third-order valence-corrected chi connectivity index (χ3v) is 6.44. The van der Waals surface area contributed by atoms with Gasteiger partial charge in [0.1, 0.15) is 11.2 Å². The molecule has 0 spiro atoms. The molecule has 2 heterocycles. The molecule has 2 N–H and O–H groups in total. The Bertz CT molecular complexity index is 1480. The molecule has 0 fully saturated rings. The SMILES string of the molecule is COc1cc(N2c3cc4cn[nH]c4c(F)c3N(c3ccc(C(=O)O)c(C)c3)CC2(C)C)ccc1F. The Hall–Kier alpha value is -4.14. The number of nitrogens with one attached hydrogen (secondary N) is 1. The Kier molecular flexibility index (Phi) is 5.16. The third kappa shape index (κ3) is 3.54. The molecule has 0 aliphatic carbocycles. The monoisotopic (exact) mass is 478 g/mol. The summed E-state index contributed by atoms with van der Waals surface area (Å²) in [6.45, 7) is 6.10. The Balaban J connectivity index is 1.77. The van der Waals surface area contributed by atoms with Gasteiger partial charge in [0.05, 0.1) is 30.1 Å². The summed E-state index contributed by atoms with van der Waals surface area (Å²) < 4.78 is 35.5. The lowest BCUT2D eigenvalue weighted by Gasteiger charge is -2.50. The summed E-state index contributed by atoms with van der Waals surface area (Å²) in [7, 11) is 1.40. The van der Waals surface area contributed by atoms with Crippen molar-refractivity contribution < 1.29 is 23.4 Å². The Morgan fingerprint density at radius 3 is 2.57 bits per heavy atom. The van der Waals surface area contributed by atoms with Crippen molar-refractivity contribution in [2.45, 2.75) is 26.3 Å². The van der Waals surface area contributed by atoms with Crippen LogP contribution in [0.15, 0.2) is 48.7 Å². The van der Waals surface area contributed by atoms with Gasteiger partial charge in [-0.3, -0.25) is 5.10 Å².